The molecule has 90 valence electrons. The van der Waals surface area contributed by atoms with Crippen molar-refractivity contribution in [1.29, 1.82) is 0 Å². The molecule has 1 aromatic heterocycles. The van der Waals surface area contributed by atoms with Crippen LogP contribution in [0, 0.1) is 5.41 Å². The molecule has 1 saturated carbocycles. The summed E-state index contributed by atoms with van der Waals surface area (Å²) < 4.78 is 6.96. The van der Waals surface area contributed by atoms with Crippen LogP contribution in [-0.2, 0) is 11.3 Å². The van der Waals surface area contributed by atoms with Crippen LogP contribution >= 0.6 is 11.6 Å². The van der Waals surface area contributed by atoms with Gasteiger partial charge in [0, 0.05) is 13.7 Å². The molecule has 5 nitrogen and oxygen atoms in total. The number of tetrazole rings is 1. The van der Waals surface area contributed by atoms with E-state index in [1.165, 1.54) is 12.8 Å². The molecule has 1 aromatic rings. The Kier molecular flexibility index (Phi) is 3.44. The Morgan fingerprint density at radius 1 is 1.56 bits per heavy atom. The second kappa shape index (κ2) is 4.67. The lowest BCUT2D eigenvalue weighted by Gasteiger charge is -2.15. The minimum absolute atomic E-state index is 0.145. The molecular weight excluding hydrogens is 228 g/mol. The minimum Gasteiger partial charge on any atom is -0.385 e. The van der Waals surface area contributed by atoms with Gasteiger partial charge in [0.25, 0.3) is 0 Å². The zero-order valence-corrected chi connectivity index (χ0v) is 10.4. The van der Waals surface area contributed by atoms with Gasteiger partial charge in [-0.2, -0.15) is 0 Å². The largest absolute Gasteiger partial charge is 0.385 e. The van der Waals surface area contributed by atoms with Crippen LogP contribution in [0.3, 0.4) is 0 Å². The highest BCUT2D eigenvalue weighted by atomic mass is 35.5. The first-order valence-electron chi connectivity index (χ1n) is 5.56. The fourth-order valence-corrected chi connectivity index (χ4v) is 2.07. The van der Waals surface area contributed by atoms with Crippen molar-refractivity contribution < 1.29 is 4.74 Å². The number of rotatable bonds is 6. The molecule has 0 bridgehead atoms. The fraction of sp³-hybridized carbons (Fsp3) is 0.900. The summed E-state index contributed by atoms with van der Waals surface area (Å²) in [6.07, 6.45) is 3.53. The highest BCUT2D eigenvalue weighted by molar-refractivity contribution is 6.20. The number of halogens is 1. The molecule has 0 N–H and O–H groups in total. The van der Waals surface area contributed by atoms with Crippen LogP contribution in [0.2, 0.25) is 0 Å². The van der Waals surface area contributed by atoms with Gasteiger partial charge in [0.15, 0.2) is 5.82 Å². The first kappa shape index (κ1) is 11.8. The zero-order valence-electron chi connectivity index (χ0n) is 9.69. The smallest absolute Gasteiger partial charge is 0.168 e. The van der Waals surface area contributed by atoms with Crippen molar-refractivity contribution in [2.24, 2.45) is 5.41 Å². The average Bonchev–Trinajstić information content (AvgIpc) is 2.84. The predicted molar refractivity (Wildman–Crippen MR) is 60.2 cm³/mol. The maximum atomic E-state index is 6.02. The predicted octanol–water partition coefficient (Wildman–Crippen LogP) is 1.79. The Balaban J connectivity index is 2.00. The maximum Gasteiger partial charge on any atom is 0.168 e. The molecule has 1 aliphatic carbocycles. The molecule has 1 aliphatic rings. The second-order valence-corrected chi connectivity index (χ2v) is 5.21. The van der Waals surface area contributed by atoms with Crippen LogP contribution in [0.5, 0.6) is 0 Å². The van der Waals surface area contributed by atoms with Crippen LogP contribution in [0.25, 0.3) is 0 Å². The van der Waals surface area contributed by atoms with Crippen molar-refractivity contribution in [3.8, 4) is 0 Å². The van der Waals surface area contributed by atoms with E-state index in [-0.39, 0.29) is 5.38 Å². The number of alkyl halides is 1. The SMILES string of the molecule is COCCC1(Cn2nnnc2C(C)Cl)CC1. The fourth-order valence-electron chi connectivity index (χ4n) is 1.91. The summed E-state index contributed by atoms with van der Waals surface area (Å²) >= 11 is 6.02. The number of hydrogen-bond acceptors (Lipinski definition) is 4. The summed E-state index contributed by atoms with van der Waals surface area (Å²) in [4.78, 5) is 0. The molecule has 0 aromatic carbocycles. The summed E-state index contributed by atoms with van der Waals surface area (Å²) in [6, 6.07) is 0. The Bertz CT molecular complexity index is 348. The van der Waals surface area contributed by atoms with Crippen LogP contribution in [0.4, 0.5) is 0 Å². The second-order valence-electron chi connectivity index (χ2n) is 4.55. The van der Waals surface area contributed by atoms with E-state index in [4.69, 9.17) is 16.3 Å². The highest BCUT2D eigenvalue weighted by Gasteiger charge is 2.43. The van der Waals surface area contributed by atoms with E-state index >= 15 is 0 Å². The number of aromatic nitrogens is 4. The Morgan fingerprint density at radius 3 is 2.88 bits per heavy atom. The summed E-state index contributed by atoms with van der Waals surface area (Å²) in [5.74, 6) is 0.755. The lowest BCUT2D eigenvalue weighted by Crippen LogP contribution is -2.17. The normalized spacial score (nSPS) is 19.7. The third kappa shape index (κ3) is 2.52. The third-order valence-corrected chi connectivity index (χ3v) is 3.39. The molecule has 0 radical (unpaired) electrons. The number of hydrogen-bond donors (Lipinski definition) is 0. The van der Waals surface area contributed by atoms with Crippen LogP contribution in [0.15, 0.2) is 0 Å². The molecule has 0 saturated heterocycles. The van der Waals surface area contributed by atoms with Crippen LogP contribution < -0.4 is 0 Å². The molecule has 0 amide bonds. The average molecular weight is 245 g/mol. The standard InChI is InChI=1S/C10H17ClN4O/c1-8(11)9-12-13-14-15(9)7-10(3-4-10)5-6-16-2/h8H,3-7H2,1-2H3. The molecule has 1 heterocycles. The van der Waals surface area contributed by atoms with E-state index in [0.717, 1.165) is 25.4 Å². The number of ether oxygens (including phenoxy) is 1. The van der Waals surface area contributed by atoms with Crippen molar-refractivity contribution in [1.82, 2.24) is 20.2 Å². The van der Waals surface area contributed by atoms with Gasteiger partial charge in [0.05, 0.1) is 11.9 Å². The summed E-state index contributed by atoms with van der Waals surface area (Å²) in [7, 11) is 1.74. The van der Waals surface area contributed by atoms with Crippen molar-refractivity contribution in [2.45, 2.75) is 38.1 Å². The van der Waals surface area contributed by atoms with Gasteiger partial charge < -0.3 is 4.74 Å². The Morgan fingerprint density at radius 2 is 2.31 bits per heavy atom. The molecule has 1 atom stereocenters. The molecule has 16 heavy (non-hydrogen) atoms. The molecular formula is C10H17ClN4O. The lowest BCUT2D eigenvalue weighted by atomic mass is 10.0. The highest BCUT2D eigenvalue weighted by Crippen LogP contribution is 2.50. The Labute approximate surface area is 100 Å². The first-order valence-corrected chi connectivity index (χ1v) is 6.00. The van der Waals surface area contributed by atoms with Gasteiger partial charge in [-0.15, -0.1) is 16.7 Å². The van der Waals surface area contributed by atoms with Gasteiger partial charge in [-0.25, -0.2) is 4.68 Å². The van der Waals surface area contributed by atoms with E-state index in [1.54, 1.807) is 7.11 Å². The third-order valence-electron chi connectivity index (χ3n) is 3.19. The van der Waals surface area contributed by atoms with Crippen molar-refractivity contribution in [3.63, 3.8) is 0 Å². The molecule has 2 rings (SSSR count). The Hall–Kier alpha value is -0.680. The minimum atomic E-state index is -0.145. The molecule has 0 aliphatic heterocycles. The van der Waals surface area contributed by atoms with Crippen molar-refractivity contribution in [3.05, 3.63) is 5.82 Å². The van der Waals surface area contributed by atoms with Crippen molar-refractivity contribution >= 4 is 11.6 Å². The zero-order chi connectivity index (χ0) is 11.6. The number of nitrogens with zero attached hydrogens (tertiary/aromatic N) is 4. The van der Waals surface area contributed by atoms with Gasteiger partial charge >= 0.3 is 0 Å². The summed E-state index contributed by atoms with van der Waals surface area (Å²) in [5.41, 5.74) is 0.339. The van der Waals surface area contributed by atoms with E-state index in [9.17, 15) is 0 Å². The van der Waals surface area contributed by atoms with Gasteiger partial charge in [0.1, 0.15) is 0 Å². The quantitative estimate of drug-likeness (QED) is 0.716. The van der Waals surface area contributed by atoms with E-state index < -0.39 is 0 Å². The van der Waals surface area contributed by atoms with E-state index in [2.05, 4.69) is 15.5 Å². The monoisotopic (exact) mass is 244 g/mol. The van der Waals surface area contributed by atoms with E-state index in [1.807, 2.05) is 11.6 Å². The van der Waals surface area contributed by atoms with Gasteiger partial charge in [0.2, 0.25) is 0 Å². The topological polar surface area (TPSA) is 52.8 Å². The van der Waals surface area contributed by atoms with Crippen LogP contribution in [0.1, 0.15) is 37.4 Å². The molecule has 1 fully saturated rings. The van der Waals surface area contributed by atoms with Gasteiger partial charge in [-0.05, 0) is 42.0 Å². The molecule has 1 unspecified atom stereocenters. The van der Waals surface area contributed by atoms with Gasteiger partial charge in [-0.1, -0.05) is 0 Å². The van der Waals surface area contributed by atoms with Gasteiger partial charge in [-0.3, -0.25) is 0 Å². The first-order chi connectivity index (χ1) is 7.67. The lowest BCUT2D eigenvalue weighted by molar-refractivity contribution is 0.164. The number of methoxy groups -OCH3 is 1. The summed E-state index contributed by atoms with van der Waals surface area (Å²) in [6.45, 7) is 3.54. The van der Waals surface area contributed by atoms with E-state index in [0.29, 0.717) is 5.41 Å². The summed E-state index contributed by atoms with van der Waals surface area (Å²) in [5, 5.41) is 11.5. The maximum absolute atomic E-state index is 6.02. The molecule has 6 heteroatoms. The molecule has 0 spiro atoms. The van der Waals surface area contributed by atoms with Crippen LogP contribution in [-0.4, -0.2) is 33.9 Å². The van der Waals surface area contributed by atoms with Crippen molar-refractivity contribution in [2.75, 3.05) is 13.7 Å².